The highest BCUT2D eigenvalue weighted by Crippen LogP contribution is 2.26. The molecule has 3 aromatic rings. The maximum absolute atomic E-state index is 15.1. The van der Waals surface area contributed by atoms with Crippen molar-refractivity contribution in [1.29, 1.82) is 0 Å². The van der Waals surface area contributed by atoms with Gasteiger partial charge < -0.3 is 19.3 Å². The maximum atomic E-state index is 15.1. The van der Waals surface area contributed by atoms with Gasteiger partial charge >= 0.3 is 5.97 Å². The smallest absolute Gasteiger partial charge is 0.341 e. The summed E-state index contributed by atoms with van der Waals surface area (Å²) >= 11 is 0. The predicted octanol–water partition coefficient (Wildman–Crippen LogP) is 3.33. The molecule has 0 atom stereocenters. The van der Waals surface area contributed by atoms with Gasteiger partial charge in [-0.05, 0) is 30.2 Å². The fraction of sp³-hybridized carbons (Fsp3) is 0.360. The summed E-state index contributed by atoms with van der Waals surface area (Å²) in [5, 5.41) is 9.41. The van der Waals surface area contributed by atoms with Crippen molar-refractivity contribution in [3.05, 3.63) is 75.3 Å². The Hall–Kier alpha value is -3.23. The Morgan fingerprint density at radius 3 is 2.52 bits per heavy atom. The summed E-state index contributed by atoms with van der Waals surface area (Å²) in [7, 11) is 1.68. The van der Waals surface area contributed by atoms with Crippen LogP contribution in [-0.4, -0.2) is 53.8 Å². The van der Waals surface area contributed by atoms with Crippen molar-refractivity contribution < 1.29 is 19.0 Å². The van der Waals surface area contributed by atoms with Crippen LogP contribution in [0.15, 0.2) is 47.4 Å². The van der Waals surface area contributed by atoms with Gasteiger partial charge in [0, 0.05) is 58.0 Å². The number of aromatic carboxylic acids is 1. The lowest BCUT2D eigenvalue weighted by Gasteiger charge is -2.36. The molecule has 0 bridgehead atoms. The Bertz CT molecular complexity index is 1230. The number of hydrogen-bond donors (Lipinski definition) is 1. The van der Waals surface area contributed by atoms with Crippen molar-refractivity contribution in [2.45, 2.75) is 26.6 Å². The van der Waals surface area contributed by atoms with Crippen LogP contribution in [-0.2, 0) is 24.4 Å². The van der Waals surface area contributed by atoms with Crippen LogP contribution in [0.3, 0.4) is 0 Å². The lowest BCUT2D eigenvalue weighted by atomic mass is 10.1. The minimum atomic E-state index is -1.31. The fourth-order valence-corrected chi connectivity index (χ4v) is 4.45. The van der Waals surface area contributed by atoms with E-state index in [9.17, 15) is 14.7 Å². The second kappa shape index (κ2) is 9.72. The van der Waals surface area contributed by atoms with Crippen LogP contribution in [0.1, 0.15) is 28.4 Å². The Labute approximate surface area is 191 Å². The predicted molar refractivity (Wildman–Crippen MR) is 125 cm³/mol. The van der Waals surface area contributed by atoms with Gasteiger partial charge in [0.15, 0.2) is 0 Å². The highest BCUT2D eigenvalue weighted by atomic mass is 19.1. The van der Waals surface area contributed by atoms with Crippen LogP contribution in [0.2, 0.25) is 0 Å². The molecule has 7 nitrogen and oxygen atoms in total. The van der Waals surface area contributed by atoms with Crippen LogP contribution in [0, 0.1) is 5.82 Å². The summed E-state index contributed by atoms with van der Waals surface area (Å²) < 4.78 is 22.0. The Morgan fingerprint density at radius 1 is 1.12 bits per heavy atom. The molecular formula is C25H28FN3O4. The lowest BCUT2D eigenvalue weighted by molar-refractivity contribution is 0.0695. The summed E-state index contributed by atoms with van der Waals surface area (Å²) in [6, 6.07) is 11.2. The van der Waals surface area contributed by atoms with E-state index in [4.69, 9.17) is 4.74 Å². The number of hydrogen-bond acceptors (Lipinski definition) is 5. The molecule has 1 aromatic heterocycles. The van der Waals surface area contributed by atoms with E-state index in [1.807, 2.05) is 24.0 Å². The second-order valence-electron chi connectivity index (χ2n) is 8.30. The van der Waals surface area contributed by atoms with Gasteiger partial charge in [0.25, 0.3) is 0 Å². The molecule has 1 aliphatic heterocycles. The number of aryl methyl sites for hydroxylation is 1. The van der Waals surface area contributed by atoms with Gasteiger partial charge in [-0.2, -0.15) is 0 Å². The van der Waals surface area contributed by atoms with Crippen LogP contribution in [0.25, 0.3) is 10.9 Å². The van der Waals surface area contributed by atoms with E-state index in [0.717, 1.165) is 25.2 Å². The Kier molecular flexibility index (Phi) is 6.76. The molecule has 0 spiro atoms. The SMILES string of the molecule is CCn1cc(C(=O)O)c(=O)c2cc(F)c(N3CCN(Cc4cccc(COC)c4)CC3)cc21. The van der Waals surface area contributed by atoms with Crippen molar-refractivity contribution in [1.82, 2.24) is 9.47 Å². The number of carbonyl (C=O) groups is 1. The average molecular weight is 454 g/mol. The van der Waals surface area contributed by atoms with Crippen molar-refractivity contribution >= 4 is 22.6 Å². The van der Waals surface area contributed by atoms with E-state index in [1.54, 1.807) is 17.7 Å². The fourth-order valence-electron chi connectivity index (χ4n) is 4.45. The van der Waals surface area contributed by atoms with Gasteiger partial charge in [-0.25, -0.2) is 9.18 Å². The van der Waals surface area contributed by atoms with Gasteiger partial charge in [-0.15, -0.1) is 0 Å². The number of nitrogens with zero attached hydrogens (tertiary/aromatic N) is 3. The molecule has 1 aliphatic rings. The van der Waals surface area contributed by atoms with Crippen molar-refractivity contribution in [2.75, 3.05) is 38.2 Å². The summed E-state index contributed by atoms with van der Waals surface area (Å²) in [6.45, 7) is 6.61. The summed E-state index contributed by atoms with van der Waals surface area (Å²) in [6.07, 6.45) is 1.34. The molecule has 4 rings (SSSR count). The normalized spacial score (nSPS) is 14.7. The first kappa shape index (κ1) is 22.9. The monoisotopic (exact) mass is 453 g/mol. The number of halogens is 1. The molecule has 2 aromatic carbocycles. The van der Waals surface area contributed by atoms with Crippen LogP contribution >= 0.6 is 0 Å². The van der Waals surface area contributed by atoms with E-state index in [-0.39, 0.29) is 10.9 Å². The number of aromatic nitrogens is 1. The standard InChI is InChI=1S/C25H28FN3O4/c1-3-28-15-20(25(31)32)24(30)19-12-21(26)23(13-22(19)28)29-9-7-27(8-10-29)14-17-5-4-6-18(11-17)16-33-2/h4-6,11-13,15H,3,7-10,14,16H2,1-2H3,(H,31,32). The Balaban J connectivity index is 1.54. The number of fused-ring (bicyclic) bond motifs is 1. The lowest BCUT2D eigenvalue weighted by Crippen LogP contribution is -2.46. The minimum absolute atomic E-state index is 0.0903. The van der Waals surface area contributed by atoms with Crippen LogP contribution < -0.4 is 10.3 Å². The van der Waals surface area contributed by atoms with Crippen molar-refractivity contribution in [3.8, 4) is 0 Å². The Morgan fingerprint density at radius 2 is 1.85 bits per heavy atom. The summed E-state index contributed by atoms with van der Waals surface area (Å²) in [4.78, 5) is 28.3. The molecule has 33 heavy (non-hydrogen) atoms. The second-order valence-corrected chi connectivity index (χ2v) is 8.30. The van der Waals surface area contributed by atoms with E-state index >= 15 is 4.39 Å². The zero-order valence-corrected chi connectivity index (χ0v) is 18.9. The first-order valence-corrected chi connectivity index (χ1v) is 11.0. The van der Waals surface area contributed by atoms with Crippen LogP contribution in [0.4, 0.5) is 10.1 Å². The first-order valence-electron chi connectivity index (χ1n) is 11.0. The van der Waals surface area contributed by atoms with Gasteiger partial charge in [0.05, 0.1) is 17.8 Å². The molecule has 2 heterocycles. The van der Waals surface area contributed by atoms with E-state index in [2.05, 4.69) is 17.0 Å². The van der Waals surface area contributed by atoms with E-state index in [1.165, 1.54) is 17.8 Å². The third kappa shape index (κ3) is 4.77. The number of ether oxygens (including phenoxy) is 1. The van der Waals surface area contributed by atoms with Crippen molar-refractivity contribution in [2.24, 2.45) is 0 Å². The number of piperazine rings is 1. The number of rotatable bonds is 7. The zero-order valence-electron chi connectivity index (χ0n) is 18.9. The molecule has 0 aliphatic carbocycles. The van der Waals surface area contributed by atoms with E-state index < -0.39 is 17.2 Å². The van der Waals surface area contributed by atoms with Gasteiger partial charge in [-0.1, -0.05) is 24.3 Å². The quantitative estimate of drug-likeness (QED) is 0.592. The topological polar surface area (TPSA) is 75.0 Å². The molecule has 8 heteroatoms. The van der Waals surface area contributed by atoms with Gasteiger partial charge in [-0.3, -0.25) is 9.69 Å². The average Bonchev–Trinajstić information content (AvgIpc) is 2.80. The number of methoxy groups -OCH3 is 1. The highest BCUT2D eigenvalue weighted by molar-refractivity contribution is 5.93. The molecule has 174 valence electrons. The third-order valence-electron chi connectivity index (χ3n) is 6.14. The number of pyridine rings is 1. The van der Waals surface area contributed by atoms with E-state index in [0.29, 0.717) is 37.4 Å². The number of anilines is 1. The molecule has 1 fully saturated rings. The zero-order chi connectivity index (χ0) is 23.5. The molecule has 0 amide bonds. The number of carboxylic acids is 1. The van der Waals surface area contributed by atoms with Crippen LogP contribution in [0.5, 0.6) is 0 Å². The summed E-state index contributed by atoms with van der Waals surface area (Å²) in [5.41, 5.74) is 2.33. The molecule has 1 saturated heterocycles. The largest absolute Gasteiger partial charge is 0.477 e. The highest BCUT2D eigenvalue weighted by Gasteiger charge is 2.22. The first-order chi connectivity index (χ1) is 15.9. The maximum Gasteiger partial charge on any atom is 0.341 e. The van der Waals surface area contributed by atoms with Gasteiger partial charge in [0.1, 0.15) is 11.4 Å². The summed E-state index contributed by atoms with van der Waals surface area (Å²) in [5.74, 6) is -1.82. The molecule has 1 N–H and O–H groups in total. The molecule has 0 saturated carbocycles. The molecule has 0 radical (unpaired) electrons. The molecular weight excluding hydrogens is 425 g/mol. The van der Waals surface area contributed by atoms with Gasteiger partial charge in [0.2, 0.25) is 5.43 Å². The number of benzene rings is 2. The number of carboxylic acid groups (broad SMARTS) is 1. The minimum Gasteiger partial charge on any atom is -0.477 e. The molecule has 0 unspecified atom stereocenters. The third-order valence-corrected chi connectivity index (χ3v) is 6.14. The van der Waals surface area contributed by atoms with Crippen molar-refractivity contribution in [3.63, 3.8) is 0 Å².